The molecule has 16 rings (SSSR count). The number of aryl methyl sites for hydroxylation is 5. The maximum atomic E-state index is 11.7. The Labute approximate surface area is 803 Å². The molecular weight excluding hydrogens is 1760 g/mol. The second-order valence-corrected chi connectivity index (χ2v) is 33.2. The van der Waals surface area contributed by atoms with Gasteiger partial charge >= 0.3 is 11.9 Å². The smallest absolute Gasteiger partial charge is 0.335 e. The number of aromatic hydroxyl groups is 5. The van der Waals surface area contributed by atoms with Gasteiger partial charge in [0.1, 0.15) is 64.3 Å². The van der Waals surface area contributed by atoms with Crippen LogP contribution in [-0.4, -0.2) is 130 Å². The van der Waals surface area contributed by atoms with Crippen LogP contribution in [0.5, 0.6) is 40.2 Å². The van der Waals surface area contributed by atoms with Gasteiger partial charge in [0.15, 0.2) is 6.10 Å². The molecule has 4 amide bonds. The number of anilines is 1. The van der Waals surface area contributed by atoms with E-state index in [1.807, 2.05) is 194 Å². The Balaban J connectivity index is 0.000000157. The standard InChI is InChI=1S/C28H28O8.C22H19NO4.C22H21NO3.C21H20N2O2.C21H19NO3/c1-16(29)10-11-20-14-18(17-6-3-2-4-7-17)12-13-22(20)19-8-5-9-21(15-19)35-28-25(32)23(30)24(31)26(36-28)27(33)34;23-21(25)10-8-17-11-15(14-3-1-5-18(12-14)22(26)27)7-9-20(17)16-4-2-6-19(24)13-16;1-26-20-7-3-4-15(14-20)16-8-10-21(17-5-2-6-19(24)13-17)18(12-16)9-11-22(23)25;22-18-8-4-14(5-9-18)15-6-10-20(16-2-1-3-19(24)13-16)17(12-15)7-11-21(23)25;22-21(25)10-8-17-11-15(14-3-1-5-18(23)12-14)7-9-20(17)16-4-2-6-19(24)13-16/h2-9,12-15,23-26,28,30-32H,10-11H2,1H3,(H,33,34);1-7,9,11-13,24H,8,10H2,(H2,23,25)(H,26,27);2-8,10,12-14,24H,9,11H2,1H3,(H2,23,25);1-6,8-10,12-13,24H,7,11,22H2,(H2,23,25);1-7,9,11-13,23-24H,8,10H2,(H2,22,25)/t23-,24-,25+,26-,28?;;;;/m0..../s1. The maximum absolute atomic E-state index is 11.7. The molecule has 5 atom stereocenters. The molecule has 0 spiro atoms. The van der Waals surface area contributed by atoms with Crippen molar-refractivity contribution in [1.29, 1.82) is 0 Å². The number of carboxylic acid groups (broad SMARTS) is 2. The number of ketones is 1. The first-order chi connectivity index (χ1) is 66.8. The van der Waals surface area contributed by atoms with Crippen molar-refractivity contribution in [3.63, 3.8) is 0 Å². The monoisotopic (exact) mass is 1870 g/mol. The van der Waals surface area contributed by atoms with Gasteiger partial charge in [-0.15, -0.1) is 0 Å². The molecule has 1 saturated heterocycles. The third-order valence-corrected chi connectivity index (χ3v) is 23.1. The Morgan fingerprint density at radius 1 is 0.295 bits per heavy atom. The molecule has 1 unspecified atom stereocenters. The minimum atomic E-state index is -1.80. The van der Waals surface area contributed by atoms with E-state index in [9.17, 15) is 84.6 Å². The molecule has 708 valence electrons. The number of phenols is 5. The number of carbonyl (C=O) groups excluding carboxylic acids is 5. The molecule has 25 nitrogen and oxygen atoms in total. The number of ether oxygens (including phenoxy) is 3. The number of phenolic OH excluding ortho intramolecular Hbond substituents is 5. The second-order valence-electron chi connectivity index (χ2n) is 33.2. The molecule has 0 aliphatic carbocycles. The van der Waals surface area contributed by atoms with Crippen LogP contribution in [0.4, 0.5) is 5.69 Å². The van der Waals surface area contributed by atoms with E-state index >= 15 is 0 Å². The lowest BCUT2D eigenvalue weighted by atomic mass is 9.92. The van der Waals surface area contributed by atoms with Gasteiger partial charge in [0, 0.05) is 37.8 Å². The molecule has 0 radical (unpaired) electrons. The van der Waals surface area contributed by atoms with E-state index in [0.717, 1.165) is 145 Å². The van der Waals surface area contributed by atoms with Gasteiger partial charge < -0.3 is 98.7 Å². The summed E-state index contributed by atoms with van der Waals surface area (Å²) < 4.78 is 16.2. The molecule has 1 fully saturated rings. The van der Waals surface area contributed by atoms with Gasteiger partial charge in [0.25, 0.3) is 0 Å². The maximum Gasteiger partial charge on any atom is 0.335 e. The molecule has 0 aromatic heterocycles. The fraction of sp³-hybridized carbons (Fsp3) is 0.149. The Morgan fingerprint density at radius 3 is 0.921 bits per heavy atom. The number of amides is 4. The molecular formula is C114H107N5O20. The van der Waals surface area contributed by atoms with Gasteiger partial charge in [0.05, 0.1) is 12.7 Å². The van der Waals surface area contributed by atoms with E-state index in [-0.39, 0.29) is 89.2 Å². The van der Waals surface area contributed by atoms with E-state index in [1.54, 1.807) is 141 Å². The Hall–Kier alpha value is -17.0. The van der Waals surface area contributed by atoms with Gasteiger partial charge in [0.2, 0.25) is 29.9 Å². The van der Waals surface area contributed by atoms with Gasteiger partial charge in [-0.25, -0.2) is 9.59 Å². The average molecular weight is 1870 g/mol. The third-order valence-electron chi connectivity index (χ3n) is 23.1. The summed E-state index contributed by atoms with van der Waals surface area (Å²) in [6.45, 7) is 1.56. The van der Waals surface area contributed by atoms with Gasteiger partial charge in [-0.3, -0.25) is 19.2 Å². The number of benzene rings is 15. The van der Waals surface area contributed by atoms with Crippen molar-refractivity contribution in [3.8, 4) is 152 Å². The average Bonchev–Trinajstić information content (AvgIpc) is 0.801. The summed E-state index contributed by atoms with van der Waals surface area (Å²) in [6.07, 6.45) is -4.49. The first-order valence-corrected chi connectivity index (χ1v) is 44.6. The second kappa shape index (κ2) is 48.3. The highest BCUT2D eigenvalue weighted by molar-refractivity contribution is 5.90. The molecule has 0 saturated carbocycles. The Morgan fingerprint density at radius 2 is 0.576 bits per heavy atom. The fourth-order valence-electron chi connectivity index (χ4n) is 16.0. The molecule has 20 N–H and O–H groups in total. The van der Waals surface area contributed by atoms with Crippen LogP contribution < -0.4 is 38.1 Å². The number of nitrogen functional groups attached to an aromatic ring is 1. The summed E-state index contributed by atoms with van der Waals surface area (Å²) in [7, 11) is 1.64. The summed E-state index contributed by atoms with van der Waals surface area (Å²) in [6, 6.07) is 104. The molecule has 1 aliphatic heterocycles. The highest BCUT2D eigenvalue weighted by atomic mass is 16.7. The van der Waals surface area contributed by atoms with Crippen molar-refractivity contribution < 1.29 is 98.8 Å². The number of methoxy groups -OCH3 is 1. The Bertz CT molecular complexity index is 6890. The van der Waals surface area contributed by atoms with Gasteiger partial charge in [-0.1, -0.05) is 231 Å². The van der Waals surface area contributed by atoms with Crippen molar-refractivity contribution in [2.45, 2.75) is 102 Å². The lowest BCUT2D eigenvalue weighted by Crippen LogP contribution is -2.61. The number of aliphatic carboxylic acids is 1. The van der Waals surface area contributed by atoms with E-state index in [2.05, 4.69) is 18.2 Å². The quantitative estimate of drug-likeness (QED) is 0.0186. The normalized spacial score (nSPS) is 13.9. The first-order valence-electron chi connectivity index (χ1n) is 44.6. The molecule has 1 heterocycles. The zero-order chi connectivity index (χ0) is 99.3. The number of aliphatic hydroxyl groups is 3. The third kappa shape index (κ3) is 28.6. The van der Waals surface area contributed by atoms with Crippen LogP contribution in [0.15, 0.2) is 340 Å². The number of Topliss-reactive ketones (excluding diaryl/α,β-unsaturated/α-hetero) is 1. The molecule has 139 heavy (non-hydrogen) atoms. The van der Waals surface area contributed by atoms with Crippen molar-refractivity contribution in [2.24, 2.45) is 22.9 Å². The summed E-state index contributed by atoms with van der Waals surface area (Å²) in [5.41, 5.74) is 51.5. The zero-order valence-corrected chi connectivity index (χ0v) is 76.2. The molecule has 1 aliphatic rings. The highest BCUT2D eigenvalue weighted by Gasteiger charge is 2.48. The van der Waals surface area contributed by atoms with Crippen LogP contribution >= 0.6 is 0 Å². The minimum absolute atomic E-state index is 0.0836. The van der Waals surface area contributed by atoms with Crippen LogP contribution in [0.2, 0.25) is 0 Å². The van der Waals surface area contributed by atoms with Crippen LogP contribution in [-0.2, 0) is 65.6 Å². The van der Waals surface area contributed by atoms with E-state index in [4.69, 9.17) is 42.9 Å². The number of rotatable bonds is 30. The van der Waals surface area contributed by atoms with Crippen molar-refractivity contribution >= 4 is 47.0 Å². The SMILES string of the molecule is CC(=O)CCc1cc(-c2ccccc2)ccc1-c1cccc(OC2O[C@H](C(=O)O)[C@@H](O)[C@H](O)[C@H]2O)c1.COc1cccc(-c2ccc(-c3cccc(O)c3)c(CCC(N)=O)c2)c1.NC(=O)CCc1cc(-c2ccc(N)cc2)ccc1-c1cccc(O)c1.NC(=O)CCc1cc(-c2cccc(C(=O)O)c2)ccc1-c1cccc(O)c1.NC(=O)CCc1cc(-c2cccc(O)c2)ccc1-c1cccc(O)c1. The van der Waals surface area contributed by atoms with Crippen molar-refractivity contribution in [1.82, 2.24) is 0 Å². The molecule has 15 aromatic rings. The van der Waals surface area contributed by atoms with Gasteiger partial charge in [-0.05, 0) is 287 Å². The fourth-order valence-corrected chi connectivity index (χ4v) is 16.0. The van der Waals surface area contributed by atoms with E-state index in [1.165, 1.54) is 0 Å². The van der Waals surface area contributed by atoms with Crippen LogP contribution in [0.25, 0.3) is 111 Å². The topological polar surface area (TPSA) is 480 Å². The van der Waals surface area contributed by atoms with E-state index < -0.39 is 48.6 Å². The largest absolute Gasteiger partial charge is 0.508 e. The lowest BCUT2D eigenvalue weighted by molar-refractivity contribution is -0.271. The number of aliphatic hydroxyl groups excluding tert-OH is 3. The van der Waals surface area contributed by atoms with Crippen LogP contribution in [0.3, 0.4) is 0 Å². The predicted molar refractivity (Wildman–Crippen MR) is 537 cm³/mol. The summed E-state index contributed by atoms with van der Waals surface area (Å²) in [5.74, 6) is -1.77. The van der Waals surface area contributed by atoms with Crippen molar-refractivity contribution in [3.05, 3.63) is 373 Å². The van der Waals surface area contributed by atoms with Crippen molar-refractivity contribution in [2.75, 3.05) is 12.8 Å². The minimum Gasteiger partial charge on any atom is -0.508 e. The van der Waals surface area contributed by atoms with Crippen LogP contribution in [0, 0.1) is 0 Å². The zero-order valence-electron chi connectivity index (χ0n) is 76.2. The predicted octanol–water partition coefficient (Wildman–Crippen LogP) is 18.4. The molecule has 0 bridgehead atoms. The summed E-state index contributed by atoms with van der Waals surface area (Å²) >= 11 is 0. The number of aromatic carboxylic acids is 1. The number of hydrogen-bond donors (Lipinski definition) is 15. The molecule has 15 aromatic carbocycles. The highest BCUT2D eigenvalue weighted by Crippen LogP contribution is 2.40. The van der Waals surface area contributed by atoms with Crippen LogP contribution in [0.1, 0.15) is 77.2 Å². The Kier molecular flexibility index (Phi) is 35.1. The van der Waals surface area contributed by atoms with E-state index in [0.29, 0.717) is 44.2 Å². The summed E-state index contributed by atoms with van der Waals surface area (Å²) in [4.78, 5) is 79.3. The first kappa shape index (κ1) is 101. The van der Waals surface area contributed by atoms with Gasteiger partial charge in [-0.2, -0.15) is 0 Å². The summed E-state index contributed by atoms with van der Waals surface area (Å²) in [5, 5.41) is 97.4. The number of nitrogens with two attached hydrogens (primary N) is 5. The number of primary amides is 4. The molecule has 25 heteroatoms. The number of carboxylic acids is 2. The number of hydrogen-bond acceptors (Lipinski definition) is 19. The lowest BCUT2D eigenvalue weighted by Gasteiger charge is -2.38. The number of carbonyl (C=O) groups is 7.